The molecule has 1 atom stereocenters. The van der Waals surface area contributed by atoms with Gasteiger partial charge in [0.15, 0.2) is 0 Å². The summed E-state index contributed by atoms with van der Waals surface area (Å²) >= 11 is 0. The van der Waals surface area contributed by atoms with Gasteiger partial charge < -0.3 is 0 Å². The van der Waals surface area contributed by atoms with Crippen molar-refractivity contribution in [1.29, 1.82) is 0 Å². The van der Waals surface area contributed by atoms with Crippen LogP contribution in [0, 0.1) is 6.92 Å². The van der Waals surface area contributed by atoms with E-state index in [1.165, 1.54) is 0 Å². The van der Waals surface area contributed by atoms with Gasteiger partial charge in [-0.2, -0.15) is 0 Å². The summed E-state index contributed by atoms with van der Waals surface area (Å²) in [6.45, 7) is 1.88. The van der Waals surface area contributed by atoms with Gasteiger partial charge in [0.2, 0.25) is 0 Å². The predicted octanol–water partition coefficient (Wildman–Crippen LogP) is 2.26. The number of hydrogen-bond donors (Lipinski definition) is 0. The molecule has 0 spiro atoms. The highest BCUT2D eigenvalue weighted by molar-refractivity contribution is 8.08. The third kappa shape index (κ3) is 1.58. The van der Waals surface area contributed by atoms with Gasteiger partial charge in [0.25, 0.3) is 0 Å². The Balaban J connectivity index is 3.15. The Morgan fingerprint density at radius 2 is 2.00 bits per heavy atom. The molecule has 1 aromatic rings. The second-order valence-electron chi connectivity index (χ2n) is 1.99. The van der Waals surface area contributed by atoms with Crippen molar-refractivity contribution < 1.29 is 4.21 Å². The van der Waals surface area contributed by atoms with E-state index in [-0.39, 0.29) is 0 Å². The molecule has 1 aromatic carbocycles. The summed E-state index contributed by atoms with van der Waals surface area (Å²) in [4.78, 5) is 0.698. The molecule has 0 aliphatic rings. The Morgan fingerprint density at radius 3 is 2.40 bits per heavy atom. The maximum atomic E-state index is 10.7. The molecular formula is C7H7ClOS. The molecule has 0 amide bonds. The minimum absolute atomic E-state index is 0.698. The van der Waals surface area contributed by atoms with Crippen LogP contribution in [-0.4, -0.2) is 4.21 Å². The predicted molar refractivity (Wildman–Crippen MR) is 43.4 cm³/mol. The van der Waals surface area contributed by atoms with E-state index in [9.17, 15) is 4.21 Å². The van der Waals surface area contributed by atoms with E-state index in [1.807, 2.05) is 25.1 Å². The maximum absolute atomic E-state index is 10.7. The molecule has 1 rings (SSSR count). The Bertz CT molecular complexity index is 260. The summed E-state index contributed by atoms with van der Waals surface area (Å²) in [6.07, 6.45) is 0. The molecule has 3 heteroatoms. The zero-order chi connectivity index (χ0) is 7.56. The van der Waals surface area contributed by atoms with E-state index in [2.05, 4.69) is 0 Å². The normalized spacial score (nSPS) is 13.0. The van der Waals surface area contributed by atoms with Gasteiger partial charge in [-0.25, -0.2) is 4.21 Å². The quantitative estimate of drug-likeness (QED) is 0.597. The molecule has 10 heavy (non-hydrogen) atoms. The van der Waals surface area contributed by atoms with Crippen molar-refractivity contribution in [3.8, 4) is 0 Å². The van der Waals surface area contributed by atoms with Gasteiger partial charge >= 0.3 is 0 Å². The highest BCUT2D eigenvalue weighted by atomic mass is 35.7. The maximum Gasteiger partial charge on any atom is 0.147 e. The van der Waals surface area contributed by atoms with Crippen LogP contribution in [0.1, 0.15) is 5.56 Å². The molecular weight excluding hydrogens is 168 g/mol. The monoisotopic (exact) mass is 174 g/mol. The van der Waals surface area contributed by atoms with Crippen molar-refractivity contribution in [2.45, 2.75) is 11.8 Å². The summed E-state index contributed by atoms with van der Waals surface area (Å²) < 4.78 is 10.7. The summed E-state index contributed by atoms with van der Waals surface area (Å²) in [5.74, 6) is 0. The molecule has 0 unspecified atom stereocenters. The van der Waals surface area contributed by atoms with E-state index >= 15 is 0 Å². The van der Waals surface area contributed by atoms with Gasteiger partial charge in [0.1, 0.15) is 10.0 Å². The Hall–Kier alpha value is -0.340. The summed E-state index contributed by atoms with van der Waals surface area (Å²) in [6, 6.07) is 7.36. The molecule has 0 bridgehead atoms. The first-order chi connectivity index (χ1) is 4.72. The van der Waals surface area contributed by atoms with Crippen molar-refractivity contribution in [3.05, 3.63) is 29.8 Å². The smallest absolute Gasteiger partial charge is 0.147 e. The summed E-state index contributed by atoms with van der Waals surface area (Å²) in [7, 11) is 4.01. The van der Waals surface area contributed by atoms with Gasteiger partial charge in [-0.1, -0.05) is 18.2 Å². The topological polar surface area (TPSA) is 17.1 Å². The number of halogens is 1. The zero-order valence-electron chi connectivity index (χ0n) is 5.50. The number of benzene rings is 1. The van der Waals surface area contributed by atoms with Crippen molar-refractivity contribution in [3.63, 3.8) is 0 Å². The highest BCUT2D eigenvalue weighted by Gasteiger charge is 2.00. The largest absolute Gasteiger partial charge is 0.237 e. The van der Waals surface area contributed by atoms with E-state index in [0.717, 1.165) is 5.56 Å². The van der Waals surface area contributed by atoms with Crippen LogP contribution in [-0.2, 0) is 10.0 Å². The van der Waals surface area contributed by atoms with Crippen LogP contribution in [0.15, 0.2) is 29.2 Å². The Labute approximate surface area is 67.0 Å². The van der Waals surface area contributed by atoms with Crippen LogP contribution in [0.3, 0.4) is 0 Å². The first-order valence-corrected chi connectivity index (χ1v) is 4.83. The lowest BCUT2D eigenvalue weighted by molar-refractivity contribution is 0.691. The molecule has 0 saturated heterocycles. The molecule has 54 valence electrons. The van der Waals surface area contributed by atoms with Gasteiger partial charge in [-0.05, 0) is 29.2 Å². The molecule has 0 fully saturated rings. The minimum Gasteiger partial charge on any atom is -0.237 e. The fourth-order valence-electron chi connectivity index (χ4n) is 0.736. The molecule has 0 saturated carbocycles. The molecule has 0 radical (unpaired) electrons. The van der Waals surface area contributed by atoms with Crippen LogP contribution >= 0.6 is 10.7 Å². The molecule has 0 heterocycles. The van der Waals surface area contributed by atoms with Gasteiger partial charge in [-0.15, -0.1) is 0 Å². The van der Waals surface area contributed by atoms with Crippen LogP contribution < -0.4 is 0 Å². The fourth-order valence-corrected chi connectivity index (χ4v) is 1.76. The van der Waals surface area contributed by atoms with Crippen LogP contribution in [0.25, 0.3) is 0 Å². The van der Waals surface area contributed by atoms with E-state index in [4.69, 9.17) is 10.7 Å². The van der Waals surface area contributed by atoms with Crippen molar-refractivity contribution in [2.75, 3.05) is 0 Å². The first-order valence-electron chi connectivity index (χ1n) is 2.85. The molecule has 0 aromatic heterocycles. The minimum atomic E-state index is -1.37. The second-order valence-corrected chi connectivity index (χ2v) is 3.72. The summed E-state index contributed by atoms with van der Waals surface area (Å²) in [5, 5.41) is 0. The SMILES string of the molecule is Cc1ccccc1[S@](=O)Cl. The average molecular weight is 175 g/mol. The molecule has 0 N–H and O–H groups in total. The Morgan fingerprint density at radius 1 is 1.40 bits per heavy atom. The van der Waals surface area contributed by atoms with Gasteiger partial charge in [0.05, 0.1) is 4.90 Å². The zero-order valence-corrected chi connectivity index (χ0v) is 7.08. The number of hydrogen-bond acceptors (Lipinski definition) is 1. The molecule has 1 nitrogen and oxygen atoms in total. The standard InChI is InChI=1S/C7H7ClOS/c1-6-4-2-3-5-7(6)10(8)9/h2-5H,1H3/t10-/m0/s1. The second kappa shape index (κ2) is 3.17. The van der Waals surface area contributed by atoms with Crippen molar-refractivity contribution in [1.82, 2.24) is 0 Å². The lowest BCUT2D eigenvalue weighted by atomic mass is 10.2. The lowest BCUT2D eigenvalue weighted by Gasteiger charge is -1.96. The van der Waals surface area contributed by atoms with E-state index in [1.54, 1.807) is 6.07 Å². The average Bonchev–Trinajstić information content (AvgIpc) is 1.88. The van der Waals surface area contributed by atoms with Crippen LogP contribution in [0.2, 0.25) is 0 Å². The number of rotatable bonds is 1. The number of aryl methyl sites for hydroxylation is 1. The van der Waals surface area contributed by atoms with E-state index < -0.39 is 10.0 Å². The third-order valence-electron chi connectivity index (χ3n) is 1.27. The van der Waals surface area contributed by atoms with Crippen LogP contribution in [0.4, 0.5) is 0 Å². The summed E-state index contributed by atoms with van der Waals surface area (Å²) in [5.41, 5.74) is 0.968. The van der Waals surface area contributed by atoms with Gasteiger partial charge in [-0.3, -0.25) is 0 Å². The van der Waals surface area contributed by atoms with Crippen LogP contribution in [0.5, 0.6) is 0 Å². The molecule has 0 aliphatic carbocycles. The Kier molecular flexibility index (Phi) is 2.46. The van der Waals surface area contributed by atoms with Crippen molar-refractivity contribution in [2.24, 2.45) is 0 Å². The molecule has 0 aliphatic heterocycles. The highest BCUT2D eigenvalue weighted by Crippen LogP contribution is 2.13. The fraction of sp³-hybridized carbons (Fsp3) is 0.143. The van der Waals surface area contributed by atoms with E-state index in [0.29, 0.717) is 4.90 Å². The van der Waals surface area contributed by atoms with Gasteiger partial charge in [0, 0.05) is 0 Å². The lowest BCUT2D eigenvalue weighted by Crippen LogP contribution is -1.84. The first kappa shape index (κ1) is 7.76. The third-order valence-corrected chi connectivity index (χ3v) is 2.57. The van der Waals surface area contributed by atoms with Crippen molar-refractivity contribution >= 4 is 20.7 Å².